The number of carbonyl (C=O) groups excluding carboxylic acids is 2. The number of unbranched alkanes of at least 4 members (excludes halogenated alkanes) is 16. The molecule has 1 saturated carbocycles. The highest BCUT2D eigenvalue weighted by molar-refractivity contribution is 7.47. The van der Waals surface area contributed by atoms with Gasteiger partial charge < -0.3 is 44.6 Å². The molecule has 1 aliphatic rings. The quantitative estimate of drug-likeness (QED) is 0.0132. The predicted octanol–water partition coefficient (Wildman–Crippen LogP) is 8.51. The van der Waals surface area contributed by atoms with Gasteiger partial charge in [-0.25, -0.2) is 9.13 Å². The summed E-state index contributed by atoms with van der Waals surface area (Å²) in [5.74, 6) is -1.24. The molecule has 7 N–H and O–H groups in total. The smallest absolute Gasteiger partial charge is 0.462 e. The number of aliphatic hydroxyl groups excluding tert-OH is 4. The highest BCUT2D eigenvalue weighted by Gasteiger charge is 2.54. The molecule has 0 aromatic carbocycles. The third-order valence-corrected chi connectivity index (χ3v) is 11.9. The molecule has 63 heavy (non-hydrogen) atoms. The lowest BCUT2D eigenvalue weighted by molar-refractivity contribution is -0.216. The van der Waals surface area contributed by atoms with Gasteiger partial charge in [0.25, 0.3) is 0 Å². The fourth-order valence-electron chi connectivity index (χ4n) is 6.73. The molecule has 16 nitrogen and oxygen atoms in total. The van der Waals surface area contributed by atoms with E-state index in [4.69, 9.17) is 28.3 Å². The van der Waals surface area contributed by atoms with Crippen molar-refractivity contribution in [3.63, 3.8) is 0 Å². The Kier molecular flexibility index (Phi) is 33.8. The molecule has 0 radical (unpaired) electrons. The van der Waals surface area contributed by atoms with Crippen LogP contribution in [0.15, 0.2) is 48.6 Å². The molecule has 0 heterocycles. The molecule has 1 aliphatic carbocycles. The summed E-state index contributed by atoms with van der Waals surface area (Å²) >= 11 is 0. The van der Waals surface area contributed by atoms with Crippen molar-refractivity contribution in [3.05, 3.63) is 48.6 Å². The number of ether oxygens (including phenoxy) is 2. The predicted molar refractivity (Wildman–Crippen MR) is 241 cm³/mol. The molecule has 18 heteroatoms. The normalized spacial score (nSPS) is 22.4. The van der Waals surface area contributed by atoms with Crippen LogP contribution in [0.5, 0.6) is 0 Å². The van der Waals surface area contributed by atoms with Crippen molar-refractivity contribution < 1.29 is 76.9 Å². The highest BCUT2D eigenvalue weighted by Crippen LogP contribution is 2.49. The summed E-state index contributed by atoms with van der Waals surface area (Å²) in [4.78, 5) is 54.2. The van der Waals surface area contributed by atoms with E-state index in [9.17, 15) is 44.0 Å². The Morgan fingerprint density at radius 1 is 0.508 bits per heavy atom. The second kappa shape index (κ2) is 36.1. The summed E-state index contributed by atoms with van der Waals surface area (Å²) in [6, 6.07) is 0. The first-order chi connectivity index (χ1) is 30.1. The monoisotopic (exact) mass is 938 g/mol. The first-order valence-corrected chi connectivity index (χ1v) is 26.2. The summed E-state index contributed by atoms with van der Waals surface area (Å²) in [7, 11) is -10.7. The standard InChI is InChI=1S/C45H80O16P2/c1-3-5-7-9-11-13-15-17-19-21-23-25-27-29-31-33-38(46)57-35-37(59-39(47)34-32-30-28-26-24-22-20-18-16-14-12-10-8-6-4-2)36-58-63(55,56)61-45-42(50)40(48)41(49)44(43(45)51)60-62(52,53)54/h11-14,17-20,37,40-45,48-51H,3-10,15-16,21-36H2,1-2H3,(H,55,56)(H2,52,53,54)/t37-,40?,41?,42?,43?,44-,45+/m1/s1. The van der Waals surface area contributed by atoms with Crippen LogP contribution in [0.4, 0.5) is 0 Å². The van der Waals surface area contributed by atoms with Crippen LogP contribution in [-0.2, 0) is 41.8 Å². The van der Waals surface area contributed by atoms with E-state index in [1.807, 2.05) is 0 Å². The van der Waals surface area contributed by atoms with Crippen LogP contribution in [0.2, 0.25) is 0 Å². The molecule has 8 atom stereocenters. The van der Waals surface area contributed by atoms with Crippen LogP contribution in [0.3, 0.4) is 0 Å². The summed E-state index contributed by atoms with van der Waals surface area (Å²) in [6.07, 6.45) is 25.0. The maximum absolute atomic E-state index is 13.0. The van der Waals surface area contributed by atoms with Gasteiger partial charge in [0.2, 0.25) is 0 Å². The average molecular weight is 939 g/mol. The first-order valence-electron chi connectivity index (χ1n) is 23.2. The molecule has 0 aromatic rings. The molecule has 0 saturated heterocycles. The van der Waals surface area contributed by atoms with Gasteiger partial charge in [0, 0.05) is 12.8 Å². The van der Waals surface area contributed by atoms with Gasteiger partial charge in [-0.3, -0.25) is 23.2 Å². The Labute approximate surface area is 376 Å². The number of hydrogen-bond acceptors (Lipinski definition) is 13. The van der Waals surface area contributed by atoms with Gasteiger partial charge in [0.05, 0.1) is 6.61 Å². The molecule has 1 fully saturated rings. The van der Waals surface area contributed by atoms with Crippen LogP contribution < -0.4 is 0 Å². The van der Waals surface area contributed by atoms with Gasteiger partial charge in [0.15, 0.2) is 6.10 Å². The third-order valence-electron chi connectivity index (χ3n) is 10.4. The van der Waals surface area contributed by atoms with Crippen LogP contribution >= 0.6 is 15.6 Å². The molecule has 0 amide bonds. The number of rotatable bonds is 38. The summed E-state index contributed by atoms with van der Waals surface area (Å²) < 4.78 is 49.3. The zero-order valence-electron chi connectivity index (χ0n) is 37.7. The zero-order valence-corrected chi connectivity index (χ0v) is 39.5. The molecular formula is C45H80O16P2. The molecule has 0 spiro atoms. The van der Waals surface area contributed by atoms with Crippen LogP contribution in [0.1, 0.15) is 168 Å². The van der Waals surface area contributed by atoms with Crippen LogP contribution in [0.25, 0.3) is 0 Å². The van der Waals surface area contributed by atoms with E-state index >= 15 is 0 Å². The summed E-state index contributed by atoms with van der Waals surface area (Å²) in [6.45, 7) is 3.02. The third kappa shape index (κ3) is 30.7. The van der Waals surface area contributed by atoms with Crippen LogP contribution in [-0.4, -0.2) is 103 Å². The lowest BCUT2D eigenvalue weighted by Crippen LogP contribution is -2.64. The van der Waals surface area contributed by atoms with Crippen molar-refractivity contribution >= 4 is 27.6 Å². The lowest BCUT2D eigenvalue weighted by atomic mass is 9.85. The molecule has 0 aliphatic heterocycles. The molecular weight excluding hydrogens is 858 g/mol. The summed E-state index contributed by atoms with van der Waals surface area (Å²) in [5.41, 5.74) is 0. The van der Waals surface area contributed by atoms with Gasteiger partial charge in [-0.1, -0.05) is 127 Å². The van der Waals surface area contributed by atoms with Gasteiger partial charge in [-0.15, -0.1) is 0 Å². The van der Waals surface area contributed by atoms with Gasteiger partial charge >= 0.3 is 27.6 Å². The Bertz CT molecular complexity index is 1420. The van der Waals surface area contributed by atoms with E-state index in [0.29, 0.717) is 12.8 Å². The number of hydrogen-bond donors (Lipinski definition) is 7. The number of esters is 2. The van der Waals surface area contributed by atoms with E-state index in [1.54, 1.807) is 0 Å². The van der Waals surface area contributed by atoms with Gasteiger partial charge in [-0.05, 0) is 77.0 Å². The van der Waals surface area contributed by atoms with E-state index in [2.05, 4.69) is 67.0 Å². The van der Waals surface area contributed by atoms with Crippen molar-refractivity contribution in [2.24, 2.45) is 0 Å². The number of allylic oxidation sites excluding steroid dienone is 8. The number of carbonyl (C=O) groups is 2. The Hall–Kier alpha value is -2.04. The minimum Gasteiger partial charge on any atom is -0.462 e. The SMILES string of the molecule is CCCCCC=CCC=CCCCCCCCC(=O)OC[C@H](COP(=O)(O)O[C@H]1C(O)C(O)C(O)[C@@H](OP(=O)(O)O)C1O)OC(=O)CCCCCCCC=CCC=CCCCCC. The van der Waals surface area contributed by atoms with Crippen molar-refractivity contribution in [3.8, 4) is 0 Å². The highest BCUT2D eigenvalue weighted by atomic mass is 31.2. The second-order valence-electron chi connectivity index (χ2n) is 16.1. The average Bonchev–Trinajstić information content (AvgIpc) is 3.23. The largest absolute Gasteiger partial charge is 0.472 e. The molecule has 1 rings (SSSR count). The van der Waals surface area contributed by atoms with E-state index in [1.165, 1.54) is 38.5 Å². The van der Waals surface area contributed by atoms with E-state index in [0.717, 1.165) is 89.9 Å². The van der Waals surface area contributed by atoms with Crippen LogP contribution in [0, 0.1) is 0 Å². The molecule has 0 aromatic heterocycles. The number of aliphatic hydroxyl groups is 4. The maximum Gasteiger partial charge on any atom is 0.472 e. The topological polar surface area (TPSA) is 256 Å². The Morgan fingerprint density at radius 2 is 0.921 bits per heavy atom. The van der Waals surface area contributed by atoms with Crippen molar-refractivity contribution in [2.75, 3.05) is 13.2 Å². The maximum atomic E-state index is 13.0. The molecule has 0 bridgehead atoms. The zero-order chi connectivity index (χ0) is 46.8. The van der Waals surface area contributed by atoms with Crippen molar-refractivity contribution in [2.45, 2.75) is 211 Å². The molecule has 366 valence electrons. The Balaban J connectivity index is 2.63. The fraction of sp³-hybridized carbons (Fsp3) is 0.778. The second-order valence-corrected chi connectivity index (χ2v) is 18.7. The minimum atomic E-state index is -5.37. The van der Waals surface area contributed by atoms with Crippen molar-refractivity contribution in [1.29, 1.82) is 0 Å². The summed E-state index contributed by atoms with van der Waals surface area (Å²) in [5, 5.41) is 41.2. The fourth-order valence-corrected chi connectivity index (χ4v) is 8.27. The minimum absolute atomic E-state index is 0.0236. The Morgan fingerprint density at radius 3 is 1.38 bits per heavy atom. The van der Waals surface area contributed by atoms with Gasteiger partial charge in [-0.2, -0.15) is 0 Å². The van der Waals surface area contributed by atoms with Crippen molar-refractivity contribution in [1.82, 2.24) is 0 Å². The number of phosphoric acid groups is 2. The van der Waals surface area contributed by atoms with Gasteiger partial charge in [0.1, 0.15) is 43.2 Å². The lowest BCUT2D eigenvalue weighted by Gasteiger charge is -2.43. The number of phosphoric ester groups is 2. The molecule has 5 unspecified atom stereocenters. The van der Waals surface area contributed by atoms with E-state index < -0.39 is 83.5 Å². The van der Waals surface area contributed by atoms with E-state index in [-0.39, 0.29) is 12.8 Å². The first kappa shape index (κ1) is 59.0.